The minimum atomic E-state index is 0.372. The van der Waals surface area contributed by atoms with Crippen molar-refractivity contribution in [2.45, 2.75) is 188 Å². The quantitative estimate of drug-likeness (QED) is 0.118. The molecule has 0 aromatic rings. The van der Waals surface area contributed by atoms with Crippen LogP contribution >= 0.6 is 0 Å². The predicted molar refractivity (Wildman–Crippen MR) is 149 cm³/mol. The average molecular weight is 452 g/mol. The van der Waals surface area contributed by atoms with E-state index in [1.165, 1.54) is 161 Å². The molecule has 0 saturated carbocycles. The van der Waals surface area contributed by atoms with Crippen LogP contribution in [0.1, 0.15) is 182 Å². The molecule has 32 heavy (non-hydrogen) atoms. The third-order valence-electron chi connectivity index (χ3n) is 7.78. The summed E-state index contributed by atoms with van der Waals surface area (Å²) in [5.74, 6) is 0. The first-order valence-electron chi connectivity index (χ1n) is 15.3. The SMILES string of the molecule is CCCCCCCCCCCCCN(CCCCCCCCCCCCC)C(C)(C)CC. The Morgan fingerprint density at radius 3 is 0.875 bits per heavy atom. The Bertz CT molecular complexity index is 322. The molecule has 0 aromatic carbocycles. The van der Waals surface area contributed by atoms with E-state index in [9.17, 15) is 0 Å². The van der Waals surface area contributed by atoms with Crippen molar-refractivity contribution >= 4 is 0 Å². The monoisotopic (exact) mass is 452 g/mol. The smallest absolute Gasteiger partial charge is 0.0150 e. The Labute approximate surface area is 205 Å². The lowest BCUT2D eigenvalue weighted by molar-refractivity contribution is 0.110. The normalized spacial score (nSPS) is 12.2. The predicted octanol–water partition coefficient (Wildman–Crippen LogP) is 11.1. The maximum Gasteiger partial charge on any atom is 0.0150 e. The third kappa shape index (κ3) is 20.6. The van der Waals surface area contributed by atoms with Gasteiger partial charge in [0, 0.05) is 5.54 Å². The second-order valence-electron chi connectivity index (χ2n) is 11.2. The van der Waals surface area contributed by atoms with E-state index in [1.807, 2.05) is 0 Å². The molecule has 0 unspecified atom stereocenters. The van der Waals surface area contributed by atoms with Crippen molar-refractivity contribution in [3.63, 3.8) is 0 Å². The van der Waals surface area contributed by atoms with Gasteiger partial charge in [0.05, 0.1) is 0 Å². The van der Waals surface area contributed by atoms with Gasteiger partial charge >= 0.3 is 0 Å². The van der Waals surface area contributed by atoms with E-state index in [0.29, 0.717) is 5.54 Å². The van der Waals surface area contributed by atoms with Gasteiger partial charge in [-0.1, -0.05) is 149 Å². The lowest BCUT2D eigenvalue weighted by Crippen LogP contribution is -2.44. The molecule has 0 amide bonds. The number of hydrogen-bond donors (Lipinski definition) is 0. The van der Waals surface area contributed by atoms with Crippen molar-refractivity contribution in [1.29, 1.82) is 0 Å². The number of rotatable bonds is 26. The van der Waals surface area contributed by atoms with Crippen LogP contribution in [0.5, 0.6) is 0 Å². The molecule has 0 aromatic heterocycles. The second-order valence-corrected chi connectivity index (χ2v) is 11.2. The Morgan fingerprint density at radius 1 is 0.375 bits per heavy atom. The summed E-state index contributed by atoms with van der Waals surface area (Å²) in [4.78, 5) is 2.81. The van der Waals surface area contributed by atoms with Crippen molar-refractivity contribution in [2.24, 2.45) is 0 Å². The molecule has 0 aliphatic carbocycles. The molecule has 0 atom stereocenters. The van der Waals surface area contributed by atoms with Crippen molar-refractivity contribution in [3.8, 4) is 0 Å². The molecule has 0 N–H and O–H groups in total. The van der Waals surface area contributed by atoms with Gasteiger partial charge in [-0.05, 0) is 46.2 Å². The number of unbranched alkanes of at least 4 members (excludes halogenated alkanes) is 20. The molecule has 0 heterocycles. The van der Waals surface area contributed by atoms with E-state index in [1.54, 1.807) is 0 Å². The molecule has 1 heteroatoms. The van der Waals surface area contributed by atoms with E-state index in [2.05, 4.69) is 39.5 Å². The molecule has 0 spiro atoms. The molecule has 0 aliphatic rings. The molecular weight excluding hydrogens is 386 g/mol. The maximum atomic E-state index is 2.81. The summed E-state index contributed by atoms with van der Waals surface area (Å²) >= 11 is 0. The van der Waals surface area contributed by atoms with Crippen molar-refractivity contribution in [1.82, 2.24) is 4.90 Å². The zero-order chi connectivity index (χ0) is 23.8. The third-order valence-corrected chi connectivity index (χ3v) is 7.78. The molecule has 194 valence electrons. The highest BCUT2D eigenvalue weighted by molar-refractivity contribution is 4.80. The molecule has 0 aliphatic heterocycles. The minimum Gasteiger partial charge on any atom is -0.298 e. The van der Waals surface area contributed by atoms with Crippen LogP contribution in [-0.2, 0) is 0 Å². The molecule has 0 rings (SSSR count). The summed E-state index contributed by atoms with van der Waals surface area (Å²) in [6, 6.07) is 0. The lowest BCUT2D eigenvalue weighted by atomic mass is 9.97. The summed E-state index contributed by atoms with van der Waals surface area (Å²) in [7, 11) is 0. The van der Waals surface area contributed by atoms with Crippen LogP contribution in [0.15, 0.2) is 0 Å². The van der Waals surface area contributed by atoms with Gasteiger partial charge < -0.3 is 0 Å². The van der Waals surface area contributed by atoms with Crippen molar-refractivity contribution in [3.05, 3.63) is 0 Å². The van der Waals surface area contributed by atoms with E-state index in [4.69, 9.17) is 0 Å². The first-order valence-corrected chi connectivity index (χ1v) is 15.3. The Kier molecular flexibility index (Phi) is 24.1. The van der Waals surface area contributed by atoms with E-state index in [-0.39, 0.29) is 0 Å². The molecule has 1 nitrogen and oxygen atoms in total. The van der Waals surface area contributed by atoms with Gasteiger partial charge in [0.25, 0.3) is 0 Å². The van der Waals surface area contributed by atoms with Crippen LogP contribution < -0.4 is 0 Å². The van der Waals surface area contributed by atoms with Crippen LogP contribution in [0.25, 0.3) is 0 Å². The van der Waals surface area contributed by atoms with Gasteiger partial charge in [-0.2, -0.15) is 0 Å². The molecule has 0 radical (unpaired) electrons. The van der Waals surface area contributed by atoms with E-state index in [0.717, 1.165) is 0 Å². The Hall–Kier alpha value is -0.0400. The van der Waals surface area contributed by atoms with Crippen LogP contribution in [0, 0.1) is 0 Å². The van der Waals surface area contributed by atoms with Gasteiger partial charge in [-0.25, -0.2) is 0 Å². The minimum absolute atomic E-state index is 0.372. The first kappa shape index (κ1) is 32.0. The fourth-order valence-electron chi connectivity index (χ4n) is 4.87. The summed E-state index contributed by atoms with van der Waals surface area (Å²) in [5.41, 5.74) is 0.372. The fraction of sp³-hybridized carbons (Fsp3) is 1.00. The second kappa shape index (κ2) is 24.1. The molecule has 0 fully saturated rings. The van der Waals surface area contributed by atoms with Gasteiger partial charge in [0.2, 0.25) is 0 Å². The number of nitrogens with zero attached hydrogens (tertiary/aromatic N) is 1. The zero-order valence-electron chi connectivity index (χ0n) is 23.6. The van der Waals surface area contributed by atoms with E-state index < -0.39 is 0 Å². The Balaban J connectivity index is 3.72. The topological polar surface area (TPSA) is 3.24 Å². The van der Waals surface area contributed by atoms with Gasteiger partial charge in [-0.15, -0.1) is 0 Å². The summed E-state index contributed by atoms with van der Waals surface area (Å²) < 4.78 is 0. The largest absolute Gasteiger partial charge is 0.298 e. The lowest BCUT2D eigenvalue weighted by Gasteiger charge is -2.38. The van der Waals surface area contributed by atoms with Crippen molar-refractivity contribution < 1.29 is 0 Å². The summed E-state index contributed by atoms with van der Waals surface area (Å²) in [5, 5.41) is 0. The molecule has 0 saturated heterocycles. The highest BCUT2D eigenvalue weighted by atomic mass is 15.2. The maximum absolute atomic E-state index is 2.81. The van der Waals surface area contributed by atoms with Crippen molar-refractivity contribution in [2.75, 3.05) is 13.1 Å². The van der Waals surface area contributed by atoms with Gasteiger partial charge in [0.1, 0.15) is 0 Å². The molecule has 0 bridgehead atoms. The van der Waals surface area contributed by atoms with Crippen LogP contribution in [-0.4, -0.2) is 23.5 Å². The fourth-order valence-corrected chi connectivity index (χ4v) is 4.87. The highest BCUT2D eigenvalue weighted by Gasteiger charge is 2.23. The Morgan fingerprint density at radius 2 is 0.625 bits per heavy atom. The van der Waals surface area contributed by atoms with E-state index >= 15 is 0 Å². The average Bonchev–Trinajstić information content (AvgIpc) is 2.79. The highest BCUT2D eigenvalue weighted by Crippen LogP contribution is 2.21. The number of hydrogen-bond acceptors (Lipinski definition) is 1. The van der Waals surface area contributed by atoms with Crippen LogP contribution in [0.2, 0.25) is 0 Å². The standard InChI is InChI=1S/C31H65N/c1-6-9-11-13-15-17-19-21-23-25-27-29-32(31(4,5)8-3)30-28-26-24-22-20-18-16-14-12-10-7-2/h6-30H2,1-5H3. The zero-order valence-corrected chi connectivity index (χ0v) is 23.6. The van der Waals surface area contributed by atoms with Crippen LogP contribution in [0.3, 0.4) is 0 Å². The van der Waals surface area contributed by atoms with Gasteiger partial charge in [0.15, 0.2) is 0 Å². The van der Waals surface area contributed by atoms with Gasteiger partial charge in [-0.3, -0.25) is 4.90 Å². The van der Waals surface area contributed by atoms with Crippen LogP contribution in [0.4, 0.5) is 0 Å². The molecular formula is C31H65N. The first-order chi connectivity index (χ1) is 15.6. The summed E-state index contributed by atoms with van der Waals surface area (Å²) in [6.45, 7) is 14.5. The summed E-state index contributed by atoms with van der Waals surface area (Å²) in [6.07, 6.45) is 33.0.